The van der Waals surface area contributed by atoms with E-state index in [2.05, 4.69) is 6.92 Å². The molecule has 2 nitrogen and oxygen atoms in total. The summed E-state index contributed by atoms with van der Waals surface area (Å²) in [6.45, 7) is 2.15. The van der Waals surface area contributed by atoms with E-state index < -0.39 is 0 Å². The van der Waals surface area contributed by atoms with Crippen molar-refractivity contribution >= 4 is 11.5 Å². The van der Waals surface area contributed by atoms with Crippen molar-refractivity contribution in [2.75, 3.05) is 5.73 Å². The van der Waals surface area contributed by atoms with E-state index in [4.69, 9.17) is 5.73 Å². The third-order valence-corrected chi connectivity index (χ3v) is 2.73. The summed E-state index contributed by atoms with van der Waals surface area (Å²) >= 11 is 0. The molecule has 0 unspecified atom stereocenters. The number of nitrogens with two attached hydrogens (primary N) is 1. The molecular weight excluding hydrogens is 198 g/mol. The molecule has 0 atom stereocenters. The lowest BCUT2D eigenvalue weighted by atomic mass is 10.0. The Bertz CT molecular complexity index is 316. The fraction of sp³-hybridized carbons (Fsp3) is 0.500. The molecule has 0 heterocycles. The first-order chi connectivity index (χ1) is 7.72. The number of carbonyl (C=O) groups excluding carboxylic acids is 1. The van der Waals surface area contributed by atoms with Crippen LogP contribution in [0.4, 0.5) is 5.69 Å². The summed E-state index contributed by atoms with van der Waals surface area (Å²) in [5.74, 6) is 0.380. The Morgan fingerprint density at radius 3 is 2.44 bits per heavy atom. The number of carbonyl (C=O) groups is 1. The predicted molar refractivity (Wildman–Crippen MR) is 68.3 cm³/mol. The smallest absolute Gasteiger partial charge is 0.133 e. The fourth-order valence-electron chi connectivity index (χ4n) is 1.67. The summed E-state index contributed by atoms with van der Waals surface area (Å²) in [7, 11) is 0. The second-order valence-electron chi connectivity index (χ2n) is 4.24. The van der Waals surface area contributed by atoms with Crippen molar-refractivity contribution in [1.29, 1.82) is 0 Å². The Morgan fingerprint density at radius 2 is 1.81 bits per heavy atom. The molecule has 1 aromatic carbocycles. The standard InChI is InChI=1S/C14H21NO/c1-2-3-4-5-14(16)11-8-12-6-9-13(15)10-7-12/h6-7,9-10H,2-5,8,11,15H2,1H3. The Kier molecular flexibility index (Phi) is 5.62. The van der Waals surface area contributed by atoms with Crippen LogP contribution in [0.2, 0.25) is 0 Å². The van der Waals surface area contributed by atoms with Crippen LogP contribution in [0.5, 0.6) is 0 Å². The van der Waals surface area contributed by atoms with E-state index in [0.717, 1.165) is 31.4 Å². The monoisotopic (exact) mass is 219 g/mol. The average Bonchev–Trinajstić information content (AvgIpc) is 2.29. The number of Topliss-reactive ketones (excluding diaryl/α,β-unsaturated/α-hetero) is 1. The van der Waals surface area contributed by atoms with E-state index in [1.165, 1.54) is 12.0 Å². The van der Waals surface area contributed by atoms with Crippen molar-refractivity contribution in [3.8, 4) is 0 Å². The van der Waals surface area contributed by atoms with Gasteiger partial charge in [0, 0.05) is 18.5 Å². The van der Waals surface area contributed by atoms with E-state index in [1.54, 1.807) is 0 Å². The first-order valence-electron chi connectivity index (χ1n) is 6.08. The van der Waals surface area contributed by atoms with Crippen molar-refractivity contribution in [3.63, 3.8) is 0 Å². The normalized spacial score (nSPS) is 10.3. The van der Waals surface area contributed by atoms with Crippen molar-refractivity contribution in [3.05, 3.63) is 29.8 Å². The Hall–Kier alpha value is -1.31. The highest BCUT2D eigenvalue weighted by Gasteiger charge is 2.02. The summed E-state index contributed by atoms with van der Waals surface area (Å²) in [4.78, 5) is 11.5. The summed E-state index contributed by atoms with van der Waals surface area (Å²) in [5, 5.41) is 0. The highest BCUT2D eigenvalue weighted by atomic mass is 16.1. The molecule has 2 heteroatoms. The molecular formula is C14H21NO. The zero-order valence-electron chi connectivity index (χ0n) is 10.0. The maximum absolute atomic E-state index is 11.5. The quantitative estimate of drug-likeness (QED) is 0.564. The molecule has 0 fully saturated rings. The van der Waals surface area contributed by atoms with Crippen LogP contribution in [0.3, 0.4) is 0 Å². The Morgan fingerprint density at radius 1 is 1.12 bits per heavy atom. The van der Waals surface area contributed by atoms with E-state index in [9.17, 15) is 4.79 Å². The summed E-state index contributed by atoms with van der Waals surface area (Å²) in [6.07, 6.45) is 5.61. The highest BCUT2D eigenvalue weighted by Crippen LogP contribution is 2.09. The molecule has 0 amide bonds. The molecule has 0 saturated carbocycles. The van der Waals surface area contributed by atoms with Gasteiger partial charge < -0.3 is 5.73 Å². The van der Waals surface area contributed by atoms with Gasteiger partial charge in [0.05, 0.1) is 0 Å². The third kappa shape index (κ3) is 4.96. The van der Waals surface area contributed by atoms with Crippen molar-refractivity contribution in [1.82, 2.24) is 0 Å². The van der Waals surface area contributed by atoms with Gasteiger partial charge in [-0.25, -0.2) is 0 Å². The maximum Gasteiger partial charge on any atom is 0.133 e. The fourth-order valence-corrected chi connectivity index (χ4v) is 1.67. The lowest BCUT2D eigenvalue weighted by Gasteiger charge is -2.02. The maximum atomic E-state index is 11.5. The van der Waals surface area contributed by atoms with Gasteiger partial charge in [0.2, 0.25) is 0 Å². The summed E-state index contributed by atoms with van der Waals surface area (Å²) in [5.41, 5.74) is 7.57. The van der Waals surface area contributed by atoms with E-state index in [1.807, 2.05) is 24.3 Å². The van der Waals surface area contributed by atoms with Crippen molar-refractivity contribution in [2.24, 2.45) is 0 Å². The molecule has 0 bridgehead atoms. The van der Waals surface area contributed by atoms with Crippen LogP contribution in [0.15, 0.2) is 24.3 Å². The van der Waals surface area contributed by atoms with Crippen LogP contribution in [0.1, 0.15) is 44.6 Å². The van der Waals surface area contributed by atoms with Crippen molar-refractivity contribution in [2.45, 2.75) is 45.4 Å². The van der Waals surface area contributed by atoms with Gasteiger partial charge in [-0.2, -0.15) is 0 Å². The third-order valence-electron chi connectivity index (χ3n) is 2.73. The minimum Gasteiger partial charge on any atom is -0.399 e. The molecule has 0 aliphatic heterocycles. The Labute approximate surface area is 97.9 Å². The number of hydrogen-bond donors (Lipinski definition) is 1. The van der Waals surface area contributed by atoms with E-state index in [-0.39, 0.29) is 0 Å². The summed E-state index contributed by atoms with van der Waals surface area (Å²) < 4.78 is 0. The van der Waals surface area contributed by atoms with Gasteiger partial charge in [-0.05, 0) is 30.5 Å². The van der Waals surface area contributed by atoms with Crippen LogP contribution >= 0.6 is 0 Å². The number of hydrogen-bond acceptors (Lipinski definition) is 2. The molecule has 0 aliphatic rings. The SMILES string of the molecule is CCCCCC(=O)CCc1ccc(N)cc1. The topological polar surface area (TPSA) is 43.1 Å². The second kappa shape index (κ2) is 7.04. The predicted octanol–water partition coefficient (Wildman–Crippen LogP) is 3.35. The highest BCUT2D eigenvalue weighted by molar-refractivity contribution is 5.78. The van der Waals surface area contributed by atoms with E-state index >= 15 is 0 Å². The summed E-state index contributed by atoms with van der Waals surface area (Å²) in [6, 6.07) is 7.76. The lowest BCUT2D eigenvalue weighted by Crippen LogP contribution is -2.00. The van der Waals surface area contributed by atoms with Gasteiger partial charge in [-0.3, -0.25) is 4.79 Å². The molecule has 1 rings (SSSR count). The molecule has 0 radical (unpaired) electrons. The minimum atomic E-state index is 0.380. The Balaban J connectivity index is 2.23. The van der Waals surface area contributed by atoms with E-state index in [0.29, 0.717) is 12.2 Å². The zero-order valence-corrected chi connectivity index (χ0v) is 10.0. The number of rotatable bonds is 7. The zero-order chi connectivity index (χ0) is 11.8. The largest absolute Gasteiger partial charge is 0.399 e. The number of anilines is 1. The van der Waals surface area contributed by atoms with Gasteiger partial charge >= 0.3 is 0 Å². The van der Waals surface area contributed by atoms with Crippen LogP contribution < -0.4 is 5.73 Å². The lowest BCUT2D eigenvalue weighted by molar-refractivity contribution is -0.119. The molecule has 88 valence electrons. The van der Waals surface area contributed by atoms with Crippen LogP contribution in [-0.2, 0) is 11.2 Å². The molecule has 2 N–H and O–H groups in total. The van der Waals surface area contributed by atoms with Crippen LogP contribution in [0.25, 0.3) is 0 Å². The van der Waals surface area contributed by atoms with Gasteiger partial charge in [-0.15, -0.1) is 0 Å². The number of benzene rings is 1. The van der Waals surface area contributed by atoms with Gasteiger partial charge in [0.25, 0.3) is 0 Å². The average molecular weight is 219 g/mol. The number of unbranched alkanes of at least 4 members (excludes halogenated alkanes) is 2. The molecule has 0 saturated heterocycles. The van der Waals surface area contributed by atoms with Gasteiger partial charge in [-0.1, -0.05) is 31.9 Å². The molecule has 0 aromatic heterocycles. The molecule has 0 spiro atoms. The number of ketones is 1. The van der Waals surface area contributed by atoms with Crippen LogP contribution in [-0.4, -0.2) is 5.78 Å². The second-order valence-corrected chi connectivity index (χ2v) is 4.24. The van der Waals surface area contributed by atoms with Crippen molar-refractivity contribution < 1.29 is 4.79 Å². The number of nitrogen functional groups attached to an aromatic ring is 1. The van der Waals surface area contributed by atoms with Crippen LogP contribution in [0, 0.1) is 0 Å². The molecule has 1 aromatic rings. The minimum absolute atomic E-state index is 0.380. The molecule has 0 aliphatic carbocycles. The van der Waals surface area contributed by atoms with Gasteiger partial charge in [0.15, 0.2) is 0 Å². The van der Waals surface area contributed by atoms with Gasteiger partial charge in [0.1, 0.15) is 5.78 Å². The number of aryl methyl sites for hydroxylation is 1. The molecule has 16 heavy (non-hydrogen) atoms. The first-order valence-corrected chi connectivity index (χ1v) is 6.08. The first kappa shape index (κ1) is 12.8.